The Morgan fingerprint density at radius 2 is 2.37 bits per heavy atom. The standard InChI is InChI=1S/C13H17N5O/c1-9-4-5-10(7-12(9)14)13-15-16-17-18(13)8-11-3-2-6-19-11/h4-5,7,11H,2-3,6,8,14H2,1H3. The van der Waals surface area contributed by atoms with E-state index < -0.39 is 0 Å². The molecular weight excluding hydrogens is 242 g/mol. The first-order chi connectivity index (χ1) is 9.24. The molecule has 1 aromatic heterocycles. The van der Waals surface area contributed by atoms with Crippen LogP contribution in [0.3, 0.4) is 0 Å². The summed E-state index contributed by atoms with van der Waals surface area (Å²) in [5.41, 5.74) is 8.69. The van der Waals surface area contributed by atoms with Crippen LogP contribution < -0.4 is 5.73 Å². The molecule has 1 aliphatic heterocycles. The van der Waals surface area contributed by atoms with Gasteiger partial charge in [0.1, 0.15) is 0 Å². The molecule has 0 saturated carbocycles. The van der Waals surface area contributed by atoms with Gasteiger partial charge in [0, 0.05) is 17.9 Å². The van der Waals surface area contributed by atoms with Crippen LogP contribution in [0, 0.1) is 6.92 Å². The van der Waals surface area contributed by atoms with Crippen molar-refractivity contribution in [2.45, 2.75) is 32.4 Å². The molecule has 1 fully saturated rings. The summed E-state index contributed by atoms with van der Waals surface area (Å²) in [7, 11) is 0. The van der Waals surface area contributed by atoms with E-state index in [0.717, 1.165) is 42.1 Å². The summed E-state index contributed by atoms with van der Waals surface area (Å²) >= 11 is 0. The molecular formula is C13H17N5O. The summed E-state index contributed by atoms with van der Waals surface area (Å²) in [4.78, 5) is 0. The second kappa shape index (κ2) is 4.97. The van der Waals surface area contributed by atoms with Crippen LogP contribution in [0.1, 0.15) is 18.4 Å². The number of hydrogen-bond acceptors (Lipinski definition) is 5. The van der Waals surface area contributed by atoms with E-state index in [9.17, 15) is 0 Å². The van der Waals surface area contributed by atoms with E-state index in [-0.39, 0.29) is 6.10 Å². The fourth-order valence-corrected chi connectivity index (χ4v) is 2.30. The molecule has 100 valence electrons. The second-order valence-electron chi connectivity index (χ2n) is 4.89. The predicted molar refractivity (Wildman–Crippen MR) is 71.4 cm³/mol. The number of aromatic nitrogens is 4. The highest BCUT2D eigenvalue weighted by Crippen LogP contribution is 2.22. The van der Waals surface area contributed by atoms with Gasteiger partial charge in [-0.15, -0.1) is 5.10 Å². The summed E-state index contributed by atoms with van der Waals surface area (Å²) in [6.45, 7) is 3.50. The monoisotopic (exact) mass is 259 g/mol. The van der Waals surface area contributed by atoms with Gasteiger partial charge < -0.3 is 10.5 Å². The summed E-state index contributed by atoms with van der Waals surface area (Å²) in [6.07, 6.45) is 2.39. The number of nitrogens with zero attached hydrogens (tertiary/aromatic N) is 4. The van der Waals surface area contributed by atoms with E-state index in [2.05, 4.69) is 15.5 Å². The Bertz CT molecular complexity index is 574. The summed E-state index contributed by atoms with van der Waals surface area (Å²) in [6, 6.07) is 5.88. The topological polar surface area (TPSA) is 78.8 Å². The van der Waals surface area contributed by atoms with Crippen LogP contribution in [0.25, 0.3) is 11.4 Å². The minimum atomic E-state index is 0.213. The Morgan fingerprint density at radius 1 is 1.47 bits per heavy atom. The first kappa shape index (κ1) is 12.1. The van der Waals surface area contributed by atoms with Crippen LogP contribution in [-0.4, -0.2) is 32.9 Å². The third-order valence-electron chi connectivity index (χ3n) is 3.47. The van der Waals surface area contributed by atoms with E-state index in [1.165, 1.54) is 0 Å². The fourth-order valence-electron chi connectivity index (χ4n) is 2.30. The van der Waals surface area contributed by atoms with E-state index in [0.29, 0.717) is 6.54 Å². The van der Waals surface area contributed by atoms with Crippen molar-refractivity contribution in [2.75, 3.05) is 12.3 Å². The van der Waals surface area contributed by atoms with Crippen LogP contribution >= 0.6 is 0 Å². The Kier molecular flexibility index (Phi) is 3.16. The quantitative estimate of drug-likeness (QED) is 0.843. The zero-order valence-corrected chi connectivity index (χ0v) is 10.9. The summed E-state index contributed by atoms with van der Waals surface area (Å²) in [5.74, 6) is 0.738. The highest BCUT2D eigenvalue weighted by Gasteiger charge is 2.19. The van der Waals surface area contributed by atoms with Crippen LogP contribution in [0.15, 0.2) is 18.2 Å². The lowest BCUT2D eigenvalue weighted by Gasteiger charge is -2.11. The van der Waals surface area contributed by atoms with Crippen molar-refractivity contribution in [2.24, 2.45) is 0 Å². The van der Waals surface area contributed by atoms with E-state index in [1.807, 2.05) is 25.1 Å². The average Bonchev–Trinajstić information content (AvgIpc) is 3.05. The zero-order chi connectivity index (χ0) is 13.2. The molecule has 2 aromatic rings. The number of ether oxygens (including phenoxy) is 1. The lowest BCUT2D eigenvalue weighted by Crippen LogP contribution is -2.17. The molecule has 1 aromatic carbocycles. The van der Waals surface area contributed by atoms with Gasteiger partial charge in [-0.2, -0.15) is 0 Å². The third-order valence-corrected chi connectivity index (χ3v) is 3.47. The van der Waals surface area contributed by atoms with E-state index in [1.54, 1.807) is 4.68 Å². The Labute approximate surface area is 111 Å². The van der Waals surface area contributed by atoms with Gasteiger partial charge in [-0.25, -0.2) is 4.68 Å². The molecule has 0 spiro atoms. The first-order valence-corrected chi connectivity index (χ1v) is 6.48. The highest BCUT2D eigenvalue weighted by molar-refractivity contribution is 5.63. The molecule has 1 unspecified atom stereocenters. The van der Waals surface area contributed by atoms with Crippen molar-refractivity contribution >= 4 is 5.69 Å². The number of aryl methyl sites for hydroxylation is 1. The largest absolute Gasteiger partial charge is 0.398 e. The van der Waals surface area contributed by atoms with Gasteiger partial charge in [-0.05, 0) is 41.8 Å². The van der Waals surface area contributed by atoms with Gasteiger partial charge in [0.05, 0.1) is 12.6 Å². The van der Waals surface area contributed by atoms with Crippen molar-refractivity contribution in [1.29, 1.82) is 0 Å². The van der Waals surface area contributed by atoms with Crippen molar-refractivity contribution in [1.82, 2.24) is 20.2 Å². The van der Waals surface area contributed by atoms with Gasteiger partial charge in [-0.1, -0.05) is 12.1 Å². The number of nitrogens with two attached hydrogens (primary N) is 1. The SMILES string of the molecule is Cc1ccc(-c2nnnn2CC2CCCO2)cc1N. The molecule has 0 aliphatic carbocycles. The van der Waals surface area contributed by atoms with Crippen LogP contribution in [-0.2, 0) is 11.3 Å². The maximum Gasteiger partial charge on any atom is 0.182 e. The third kappa shape index (κ3) is 2.44. The van der Waals surface area contributed by atoms with Gasteiger partial charge in [0.2, 0.25) is 0 Å². The molecule has 2 heterocycles. The lowest BCUT2D eigenvalue weighted by molar-refractivity contribution is 0.0939. The second-order valence-corrected chi connectivity index (χ2v) is 4.89. The van der Waals surface area contributed by atoms with Gasteiger partial charge >= 0.3 is 0 Å². The molecule has 1 atom stereocenters. The molecule has 0 bridgehead atoms. The Balaban J connectivity index is 1.87. The van der Waals surface area contributed by atoms with Crippen molar-refractivity contribution in [3.63, 3.8) is 0 Å². The molecule has 19 heavy (non-hydrogen) atoms. The van der Waals surface area contributed by atoms with Gasteiger partial charge in [0.15, 0.2) is 5.82 Å². The Morgan fingerprint density at radius 3 is 3.11 bits per heavy atom. The number of rotatable bonds is 3. The van der Waals surface area contributed by atoms with Crippen molar-refractivity contribution < 1.29 is 4.74 Å². The normalized spacial score (nSPS) is 18.9. The molecule has 6 nitrogen and oxygen atoms in total. The minimum absolute atomic E-state index is 0.213. The molecule has 2 N–H and O–H groups in total. The molecule has 3 rings (SSSR count). The average molecular weight is 259 g/mol. The van der Waals surface area contributed by atoms with Crippen molar-refractivity contribution in [3.8, 4) is 11.4 Å². The van der Waals surface area contributed by atoms with Crippen LogP contribution in [0.5, 0.6) is 0 Å². The molecule has 1 aliphatic rings. The summed E-state index contributed by atoms with van der Waals surface area (Å²) < 4.78 is 7.41. The maximum absolute atomic E-state index is 5.94. The predicted octanol–water partition coefficient (Wildman–Crippen LogP) is 1.41. The van der Waals surface area contributed by atoms with E-state index in [4.69, 9.17) is 10.5 Å². The molecule has 1 saturated heterocycles. The highest BCUT2D eigenvalue weighted by atomic mass is 16.5. The molecule has 0 amide bonds. The number of anilines is 1. The number of hydrogen-bond donors (Lipinski definition) is 1. The first-order valence-electron chi connectivity index (χ1n) is 6.48. The van der Waals surface area contributed by atoms with Crippen molar-refractivity contribution in [3.05, 3.63) is 23.8 Å². The zero-order valence-electron chi connectivity index (χ0n) is 10.9. The van der Waals surface area contributed by atoms with Crippen LogP contribution in [0.4, 0.5) is 5.69 Å². The number of benzene rings is 1. The fraction of sp³-hybridized carbons (Fsp3) is 0.462. The molecule has 6 heteroatoms. The maximum atomic E-state index is 5.94. The minimum Gasteiger partial charge on any atom is -0.398 e. The Hall–Kier alpha value is -1.95. The smallest absolute Gasteiger partial charge is 0.182 e. The molecule has 0 radical (unpaired) electrons. The lowest BCUT2D eigenvalue weighted by atomic mass is 10.1. The number of tetrazole rings is 1. The number of nitrogen functional groups attached to an aromatic ring is 1. The van der Waals surface area contributed by atoms with Gasteiger partial charge in [-0.3, -0.25) is 0 Å². The summed E-state index contributed by atoms with van der Waals surface area (Å²) in [5, 5.41) is 11.9. The van der Waals surface area contributed by atoms with Gasteiger partial charge in [0.25, 0.3) is 0 Å². The van der Waals surface area contributed by atoms with E-state index >= 15 is 0 Å². The van der Waals surface area contributed by atoms with Crippen LogP contribution in [0.2, 0.25) is 0 Å².